The molecule has 1 nitrogen and oxygen atoms in total. The standard InChI is InChI=1S/C18H17FO/c1-2-13-18(19,14-15-9-5-3-6-10-15)17(20)16-11-7-4-8-12-16/h2-12H,1,13-14H2. The van der Waals surface area contributed by atoms with Crippen LogP contribution < -0.4 is 0 Å². The van der Waals surface area contributed by atoms with Crippen LogP contribution in [0, 0.1) is 0 Å². The van der Waals surface area contributed by atoms with Crippen LogP contribution in [0.25, 0.3) is 0 Å². The first-order valence-corrected chi connectivity index (χ1v) is 6.59. The van der Waals surface area contributed by atoms with Crippen molar-refractivity contribution < 1.29 is 9.18 Å². The molecule has 0 spiro atoms. The first-order chi connectivity index (χ1) is 9.65. The normalized spacial score (nSPS) is 13.4. The van der Waals surface area contributed by atoms with E-state index in [1.165, 1.54) is 6.08 Å². The molecule has 0 bridgehead atoms. The fourth-order valence-corrected chi connectivity index (χ4v) is 2.24. The largest absolute Gasteiger partial charge is 0.291 e. The zero-order valence-electron chi connectivity index (χ0n) is 11.3. The lowest BCUT2D eigenvalue weighted by Gasteiger charge is -2.23. The summed E-state index contributed by atoms with van der Waals surface area (Å²) in [5.74, 6) is -0.484. The molecule has 1 unspecified atom stereocenters. The molecule has 20 heavy (non-hydrogen) atoms. The van der Waals surface area contributed by atoms with Gasteiger partial charge in [-0.15, -0.1) is 6.58 Å². The molecule has 1 atom stereocenters. The van der Waals surface area contributed by atoms with Gasteiger partial charge in [0.2, 0.25) is 5.78 Å². The summed E-state index contributed by atoms with van der Waals surface area (Å²) in [6, 6.07) is 17.8. The van der Waals surface area contributed by atoms with E-state index in [2.05, 4.69) is 6.58 Å². The van der Waals surface area contributed by atoms with Crippen molar-refractivity contribution in [1.29, 1.82) is 0 Å². The first-order valence-electron chi connectivity index (χ1n) is 6.59. The summed E-state index contributed by atoms with van der Waals surface area (Å²) in [4.78, 5) is 12.4. The SMILES string of the molecule is C=CCC(F)(Cc1ccccc1)C(=O)c1ccccc1. The third-order valence-corrected chi connectivity index (χ3v) is 3.24. The van der Waals surface area contributed by atoms with Gasteiger partial charge >= 0.3 is 0 Å². The molecule has 0 radical (unpaired) electrons. The first kappa shape index (κ1) is 14.2. The maximum atomic E-state index is 15.1. The molecule has 2 heteroatoms. The minimum atomic E-state index is -1.94. The Balaban J connectivity index is 2.29. The minimum absolute atomic E-state index is 0.00955. The summed E-state index contributed by atoms with van der Waals surface area (Å²) in [5.41, 5.74) is -0.737. The maximum absolute atomic E-state index is 15.1. The van der Waals surface area contributed by atoms with E-state index >= 15 is 4.39 Å². The summed E-state index contributed by atoms with van der Waals surface area (Å²) < 4.78 is 15.1. The lowest BCUT2D eigenvalue weighted by Crippen LogP contribution is -2.36. The van der Waals surface area contributed by atoms with E-state index < -0.39 is 11.5 Å². The smallest absolute Gasteiger partial charge is 0.200 e. The van der Waals surface area contributed by atoms with Gasteiger partial charge in [0, 0.05) is 18.4 Å². The highest BCUT2D eigenvalue weighted by molar-refractivity contribution is 6.02. The lowest BCUT2D eigenvalue weighted by atomic mass is 9.86. The van der Waals surface area contributed by atoms with E-state index in [9.17, 15) is 4.79 Å². The number of carbonyl (C=O) groups excluding carboxylic acids is 1. The van der Waals surface area contributed by atoms with Crippen LogP contribution in [0.15, 0.2) is 73.3 Å². The molecule has 2 aromatic rings. The van der Waals surface area contributed by atoms with Gasteiger partial charge in [-0.25, -0.2) is 4.39 Å². The highest BCUT2D eigenvalue weighted by Crippen LogP contribution is 2.27. The van der Waals surface area contributed by atoms with Crippen LogP contribution in [0.2, 0.25) is 0 Å². The van der Waals surface area contributed by atoms with Crippen molar-refractivity contribution in [3.05, 3.63) is 84.4 Å². The number of Topliss-reactive ketones (excluding diaryl/α,β-unsaturated/α-hetero) is 1. The van der Waals surface area contributed by atoms with Gasteiger partial charge in [-0.05, 0) is 5.56 Å². The summed E-state index contributed by atoms with van der Waals surface area (Å²) in [5, 5.41) is 0. The Hall–Kier alpha value is -2.22. The van der Waals surface area contributed by atoms with Crippen LogP contribution in [0.3, 0.4) is 0 Å². The van der Waals surface area contributed by atoms with Crippen LogP contribution in [0.1, 0.15) is 22.3 Å². The van der Waals surface area contributed by atoms with Crippen molar-refractivity contribution in [2.75, 3.05) is 0 Å². The van der Waals surface area contributed by atoms with Crippen molar-refractivity contribution in [3.63, 3.8) is 0 Å². The van der Waals surface area contributed by atoms with Gasteiger partial charge < -0.3 is 0 Å². The van der Waals surface area contributed by atoms with Crippen molar-refractivity contribution in [2.45, 2.75) is 18.5 Å². The molecule has 0 aromatic heterocycles. The summed E-state index contributed by atoms with van der Waals surface area (Å²) in [6.07, 6.45) is 1.53. The zero-order valence-corrected chi connectivity index (χ0v) is 11.3. The van der Waals surface area contributed by atoms with Crippen LogP contribution in [-0.2, 0) is 6.42 Å². The predicted molar refractivity (Wildman–Crippen MR) is 79.6 cm³/mol. The average molecular weight is 268 g/mol. The second-order valence-corrected chi connectivity index (χ2v) is 4.82. The number of hydrogen-bond acceptors (Lipinski definition) is 1. The third kappa shape index (κ3) is 3.21. The maximum Gasteiger partial charge on any atom is 0.200 e. The molecule has 2 aromatic carbocycles. The van der Waals surface area contributed by atoms with Crippen LogP contribution in [0.4, 0.5) is 4.39 Å². The summed E-state index contributed by atoms with van der Waals surface area (Å²) in [6.45, 7) is 3.57. The highest BCUT2D eigenvalue weighted by atomic mass is 19.1. The number of halogens is 1. The number of carbonyl (C=O) groups is 1. The molecule has 2 rings (SSSR count). The van der Waals surface area contributed by atoms with Gasteiger partial charge in [0.1, 0.15) is 0 Å². The van der Waals surface area contributed by atoms with Crippen LogP contribution in [0.5, 0.6) is 0 Å². The Morgan fingerprint density at radius 2 is 1.60 bits per heavy atom. The molecular formula is C18H17FO. The van der Waals surface area contributed by atoms with Gasteiger partial charge in [0.05, 0.1) is 0 Å². The number of allylic oxidation sites excluding steroid dienone is 1. The van der Waals surface area contributed by atoms with Gasteiger partial charge in [-0.1, -0.05) is 66.7 Å². The molecule has 0 saturated carbocycles. The van der Waals surface area contributed by atoms with E-state index in [0.717, 1.165) is 5.56 Å². The number of hydrogen-bond donors (Lipinski definition) is 0. The van der Waals surface area contributed by atoms with Crippen molar-refractivity contribution in [3.8, 4) is 0 Å². The highest BCUT2D eigenvalue weighted by Gasteiger charge is 2.37. The van der Waals surface area contributed by atoms with E-state index in [-0.39, 0.29) is 12.8 Å². The molecular weight excluding hydrogens is 251 g/mol. The fourth-order valence-electron chi connectivity index (χ4n) is 2.24. The zero-order chi connectivity index (χ0) is 14.4. The van der Waals surface area contributed by atoms with E-state index in [4.69, 9.17) is 0 Å². The average Bonchev–Trinajstić information content (AvgIpc) is 2.48. The molecule has 0 N–H and O–H groups in total. The third-order valence-electron chi connectivity index (χ3n) is 3.24. The molecule has 0 aliphatic rings. The molecule has 0 aliphatic heterocycles. The Bertz CT molecular complexity index is 577. The van der Waals surface area contributed by atoms with Gasteiger partial charge in [0.15, 0.2) is 5.67 Å². The molecule has 0 amide bonds. The molecule has 0 saturated heterocycles. The van der Waals surface area contributed by atoms with Crippen molar-refractivity contribution in [2.24, 2.45) is 0 Å². The molecule has 0 heterocycles. The van der Waals surface area contributed by atoms with Crippen LogP contribution in [-0.4, -0.2) is 11.5 Å². The minimum Gasteiger partial charge on any atom is -0.291 e. The van der Waals surface area contributed by atoms with Crippen LogP contribution >= 0.6 is 0 Å². The van der Waals surface area contributed by atoms with Crippen molar-refractivity contribution in [1.82, 2.24) is 0 Å². The summed E-state index contributed by atoms with van der Waals surface area (Å²) >= 11 is 0. The van der Waals surface area contributed by atoms with Gasteiger partial charge in [-0.2, -0.15) is 0 Å². The monoisotopic (exact) mass is 268 g/mol. The molecule has 0 fully saturated rings. The van der Waals surface area contributed by atoms with E-state index in [0.29, 0.717) is 5.56 Å². The Labute approximate surface area is 118 Å². The second-order valence-electron chi connectivity index (χ2n) is 4.82. The van der Waals surface area contributed by atoms with E-state index in [1.807, 2.05) is 30.3 Å². The van der Waals surface area contributed by atoms with Gasteiger partial charge in [0.25, 0.3) is 0 Å². The van der Waals surface area contributed by atoms with E-state index in [1.54, 1.807) is 30.3 Å². The topological polar surface area (TPSA) is 17.1 Å². The Morgan fingerprint density at radius 3 is 2.15 bits per heavy atom. The number of benzene rings is 2. The number of ketones is 1. The molecule has 102 valence electrons. The van der Waals surface area contributed by atoms with Crippen molar-refractivity contribution >= 4 is 5.78 Å². The lowest BCUT2D eigenvalue weighted by molar-refractivity contribution is 0.0688. The Kier molecular flexibility index (Phi) is 4.46. The Morgan fingerprint density at radius 1 is 1.05 bits per heavy atom. The summed E-state index contributed by atoms with van der Waals surface area (Å²) in [7, 11) is 0. The quantitative estimate of drug-likeness (QED) is 0.560. The fraction of sp³-hybridized carbons (Fsp3) is 0.167. The molecule has 0 aliphatic carbocycles. The number of alkyl halides is 1. The predicted octanol–water partition coefficient (Wildman–Crippen LogP) is 4.40. The number of rotatable bonds is 6. The second kappa shape index (κ2) is 6.29. The van der Waals surface area contributed by atoms with Gasteiger partial charge in [-0.3, -0.25) is 4.79 Å².